The van der Waals surface area contributed by atoms with Gasteiger partial charge in [0, 0.05) is 4.90 Å². The number of benzene rings is 1. The van der Waals surface area contributed by atoms with E-state index in [1.54, 1.807) is 11.8 Å². The van der Waals surface area contributed by atoms with E-state index in [0.717, 1.165) is 0 Å². The average molecular weight is 261 g/mol. The molecule has 94 valence electrons. The third-order valence-corrected chi connectivity index (χ3v) is 4.91. The van der Waals surface area contributed by atoms with Crippen LogP contribution in [-0.2, 0) is 14.9 Å². The van der Waals surface area contributed by atoms with E-state index in [2.05, 4.69) is 36.6 Å². The molecule has 2 saturated heterocycles. The lowest BCUT2D eigenvalue weighted by atomic mass is 9.58. The minimum atomic E-state index is -0.397. The molecule has 2 heterocycles. The standard InChI is InChI=1S/C14H15NO2S/c1-18-12-4-2-11(3-5-12)14(9-17-10-14)13(6-15)7-16-8-13/h2-5H,7-10H2,1H3. The van der Waals surface area contributed by atoms with E-state index in [0.29, 0.717) is 26.4 Å². The smallest absolute Gasteiger partial charge is 0.118 e. The highest BCUT2D eigenvalue weighted by molar-refractivity contribution is 7.98. The molecule has 0 bridgehead atoms. The van der Waals surface area contributed by atoms with E-state index in [4.69, 9.17) is 9.47 Å². The maximum Gasteiger partial charge on any atom is 0.118 e. The lowest BCUT2D eigenvalue weighted by Gasteiger charge is -2.55. The Bertz CT molecular complexity index is 484. The van der Waals surface area contributed by atoms with E-state index in [1.807, 2.05) is 0 Å². The Hall–Kier alpha value is -1.02. The summed E-state index contributed by atoms with van der Waals surface area (Å²) in [5, 5.41) is 9.51. The van der Waals surface area contributed by atoms with Crippen LogP contribution < -0.4 is 0 Å². The van der Waals surface area contributed by atoms with Crippen molar-refractivity contribution in [3.63, 3.8) is 0 Å². The van der Waals surface area contributed by atoms with Crippen LogP contribution in [0.1, 0.15) is 5.56 Å². The van der Waals surface area contributed by atoms with Crippen LogP contribution in [0.3, 0.4) is 0 Å². The lowest BCUT2D eigenvalue weighted by Crippen LogP contribution is -2.66. The second kappa shape index (κ2) is 4.27. The van der Waals surface area contributed by atoms with Gasteiger partial charge < -0.3 is 9.47 Å². The van der Waals surface area contributed by atoms with E-state index < -0.39 is 5.41 Å². The molecule has 0 atom stereocenters. The molecule has 0 N–H and O–H groups in total. The molecule has 0 spiro atoms. The predicted octanol–water partition coefficient (Wildman–Crippen LogP) is 2.22. The van der Waals surface area contributed by atoms with Gasteiger partial charge in [-0.15, -0.1) is 11.8 Å². The van der Waals surface area contributed by atoms with Crippen molar-refractivity contribution in [2.45, 2.75) is 10.3 Å². The van der Waals surface area contributed by atoms with E-state index in [-0.39, 0.29) is 5.41 Å². The molecule has 0 radical (unpaired) electrons. The molecule has 0 unspecified atom stereocenters. The zero-order chi connectivity index (χ0) is 12.6. The van der Waals surface area contributed by atoms with Crippen LogP contribution >= 0.6 is 11.8 Å². The first kappa shape index (κ1) is 12.0. The number of nitrogens with zero attached hydrogens (tertiary/aromatic N) is 1. The third kappa shape index (κ3) is 1.45. The van der Waals surface area contributed by atoms with Gasteiger partial charge in [0.05, 0.1) is 37.9 Å². The fourth-order valence-electron chi connectivity index (χ4n) is 2.69. The molecule has 3 rings (SSSR count). The molecule has 0 aromatic heterocycles. The number of ether oxygens (including phenoxy) is 2. The monoisotopic (exact) mass is 261 g/mol. The first-order chi connectivity index (χ1) is 8.76. The lowest BCUT2D eigenvalue weighted by molar-refractivity contribution is -0.201. The second-order valence-electron chi connectivity index (χ2n) is 4.99. The molecule has 3 nitrogen and oxygen atoms in total. The van der Waals surface area contributed by atoms with Gasteiger partial charge in [0.25, 0.3) is 0 Å². The highest BCUT2D eigenvalue weighted by Crippen LogP contribution is 2.51. The van der Waals surface area contributed by atoms with Gasteiger partial charge in [-0.05, 0) is 24.0 Å². The molecule has 0 aliphatic carbocycles. The Morgan fingerprint density at radius 3 is 2.06 bits per heavy atom. The maximum atomic E-state index is 9.51. The average Bonchev–Trinajstić information content (AvgIpc) is 2.31. The van der Waals surface area contributed by atoms with Crippen molar-refractivity contribution >= 4 is 11.8 Å². The van der Waals surface area contributed by atoms with Crippen molar-refractivity contribution in [1.29, 1.82) is 5.26 Å². The van der Waals surface area contributed by atoms with Gasteiger partial charge in [0.1, 0.15) is 5.41 Å². The number of hydrogen-bond donors (Lipinski definition) is 0. The zero-order valence-corrected chi connectivity index (χ0v) is 11.1. The van der Waals surface area contributed by atoms with Crippen molar-refractivity contribution in [2.24, 2.45) is 5.41 Å². The molecule has 4 heteroatoms. The van der Waals surface area contributed by atoms with Gasteiger partial charge in [-0.1, -0.05) is 12.1 Å². The summed E-state index contributed by atoms with van der Waals surface area (Å²) in [5.74, 6) is 0. The zero-order valence-electron chi connectivity index (χ0n) is 10.3. The number of thioether (sulfide) groups is 1. The summed E-state index contributed by atoms with van der Waals surface area (Å²) in [5.41, 5.74) is 0.639. The summed E-state index contributed by atoms with van der Waals surface area (Å²) in [7, 11) is 0. The quantitative estimate of drug-likeness (QED) is 0.782. The fourth-order valence-corrected chi connectivity index (χ4v) is 3.10. The maximum absolute atomic E-state index is 9.51. The molecule has 0 amide bonds. The van der Waals surface area contributed by atoms with Crippen LogP contribution in [-0.4, -0.2) is 32.7 Å². The van der Waals surface area contributed by atoms with E-state index in [1.165, 1.54) is 10.5 Å². The first-order valence-electron chi connectivity index (χ1n) is 5.98. The van der Waals surface area contributed by atoms with Gasteiger partial charge >= 0.3 is 0 Å². The van der Waals surface area contributed by atoms with Crippen molar-refractivity contribution < 1.29 is 9.47 Å². The molecular formula is C14H15NO2S. The van der Waals surface area contributed by atoms with Crippen LogP contribution in [0.25, 0.3) is 0 Å². The molecule has 1 aromatic rings. The summed E-state index contributed by atoms with van der Waals surface area (Å²) >= 11 is 1.73. The first-order valence-corrected chi connectivity index (χ1v) is 7.20. The fraction of sp³-hybridized carbons (Fsp3) is 0.500. The predicted molar refractivity (Wildman–Crippen MR) is 69.6 cm³/mol. The minimum absolute atomic E-state index is 0.170. The summed E-state index contributed by atoms with van der Waals surface area (Å²) in [6.45, 7) is 2.30. The molecule has 2 aliphatic heterocycles. The van der Waals surface area contributed by atoms with Crippen LogP contribution in [0.2, 0.25) is 0 Å². The highest BCUT2D eigenvalue weighted by atomic mass is 32.2. The van der Waals surface area contributed by atoms with Crippen LogP contribution in [0, 0.1) is 16.7 Å². The Balaban J connectivity index is 1.98. The number of hydrogen-bond acceptors (Lipinski definition) is 4. The molecular weight excluding hydrogens is 246 g/mol. The molecule has 0 saturated carbocycles. The summed E-state index contributed by atoms with van der Waals surface area (Å²) in [6, 6.07) is 11.0. The summed E-state index contributed by atoms with van der Waals surface area (Å²) < 4.78 is 10.7. The van der Waals surface area contributed by atoms with Gasteiger partial charge in [-0.3, -0.25) is 0 Å². The van der Waals surface area contributed by atoms with Crippen molar-refractivity contribution in [3.8, 4) is 6.07 Å². The number of rotatable bonds is 3. The molecule has 2 fully saturated rings. The van der Waals surface area contributed by atoms with Gasteiger partial charge in [-0.25, -0.2) is 0 Å². The molecule has 18 heavy (non-hydrogen) atoms. The SMILES string of the molecule is CSc1ccc(C2(C3(C#N)COC3)COC2)cc1. The van der Waals surface area contributed by atoms with Crippen LogP contribution in [0.4, 0.5) is 0 Å². The number of nitriles is 1. The Morgan fingerprint density at radius 2 is 1.72 bits per heavy atom. The Morgan fingerprint density at radius 1 is 1.11 bits per heavy atom. The minimum Gasteiger partial charge on any atom is -0.379 e. The van der Waals surface area contributed by atoms with Crippen LogP contribution in [0.5, 0.6) is 0 Å². The van der Waals surface area contributed by atoms with Gasteiger partial charge in [0.15, 0.2) is 0 Å². The van der Waals surface area contributed by atoms with Crippen LogP contribution in [0.15, 0.2) is 29.2 Å². The van der Waals surface area contributed by atoms with Gasteiger partial charge in [-0.2, -0.15) is 5.26 Å². The highest BCUT2D eigenvalue weighted by Gasteiger charge is 2.61. The third-order valence-electron chi connectivity index (χ3n) is 4.17. The van der Waals surface area contributed by atoms with E-state index in [9.17, 15) is 5.26 Å². The summed E-state index contributed by atoms with van der Waals surface area (Å²) in [6.07, 6.45) is 2.06. The Labute approximate surface area is 111 Å². The largest absolute Gasteiger partial charge is 0.379 e. The molecule has 2 aliphatic rings. The summed E-state index contributed by atoms with van der Waals surface area (Å²) in [4.78, 5) is 1.24. The van der Waals surface area contributed by atoms with Gasteiger partial charge in [0.2, 0.25) is 0 Å². The van der Waals surface area contributed by atoms with Crippen molar-refractivity contribution in [3.05, 3.63) is 29.8 Å². The molecule has 1 aromatic carbocycles. The van der Waals surface area contributed by atoms with Crippen molar-refractivity contribution in [1.82, 2.24) is 0 Å². The second-order valence-corrected chi connectivity index (χ2v) is 5.87. The van der Waals surface area contributed by atoms with Crippen molar-refractivity contribution in [2.75, 3.05) is 32.7 Å². The normalized spacial score (nSPS) is 23.6. The topological polar surface area (TPSA) is 42.2 Å². The van der Waals surface area contributed by atoms with E-state index >= 15 is 0 Å². The Kier molecular flexibility index (Phi) is 2.86.